The van der Waals surface area contributed by atoms with Crippen LogP contribution in [0.2, 0.25) is 0 Å². The van der Waals surface area contributed by atoms with Crippen molar-refractivity contribution in [2.45, 2.75) is 16.6 Å². The van der Waals surface area contributed by atoms with Crippen molar-refractivity contribution in [1.82, 2.24) is 0 Å². The van der Waals surface area contributed by atoms with Crippen LogP contribution in [-0.4, -0.2) is 27.1 Å². The summed E-state index contributed by atoms with van der Waals surface area (Å²) in [5, 5.41) is -0.0631. The van der Waals surface area contributed by atoms with E-state index in [1.165, 1.54) is 0 Å². The molecule has 0 aliphatic rings. The third-order valence-electron chi connectivity index (χ3n) is 4.59. The van der Waals surface area contributed by atoms with Gasteiger partial charge in [-0.1, -0.05) is 30.3 Å². The van der Waals surface area contributed by atoms with Crippen LogP contribution in [0, 0.1) is 0 Å². The average Bonchev–Trinajstić information content (AvgIpc) is 2.79. The van der Waals surface area contributed by atoms with Gasteiger partial charge in [-0.15, -0.1) is 11.8 Å². The van der Waals surface area contributed by atoms with Gasteiger partial charge in [-0.25, -0.2) is 0 Å². The molecule has 0 bridgehead atoms. The zero-order chi connectivity index (χ0) is 20.6. The number of thioether (sulfide) groups is 1. The molecule has 0 heterocycles. The maximum absolute atomic E-state index is 13.0. The number of methoxy groups -OCH3 is 3. The first-order chi connectivity index (χ1) is 14.1. The minimum atomic E-state index is -0.0631. The molecule has 0 radical (unpaired) electrons. The first-order valence-electron chi connectivity index (χ1n) is 9.25. The Balaban J connectivity index is 1.88. The third-order valence-corrected chi connectivity index (χ3v) is 5.89. The molecule has 29 heavy (non-hydrogen) atoms. The first-order valence-corrected chi connectivity index (χ1v) is 10.1. The summed E-state index contributed by atoms with van der Waals surface area (Å²) in [6.07, 6.45) is 0.362. The molecule has 0 saturated carbocycles. The quantitative estimate of drug-likeness (QED) is 0.330. The van der Waals surface area contributed by atoms with Gasteiger partial charge in [0, 0.05) is 17.2 Å². The van der Waals surface area contributed by atoms with Crippen molar-refractivity contribution in [3.63, 3.8) is 0 Å². The molecule has 0 saturated heterocycles. The van der Waals surface area contributed by atoms with Crippen molar-refractivity contribution >= 4 is 17.5 Å². The van der Waals surface area contributed by atoms with E-state index in [0.717, 1.165) is 27.7 Å². The van der Waals surface area contributed by atoms with Crippen LogP contribution in [0.3, 0.4) is 0 Å². The number of hydrogen-bond acceptors (Lipinski definition) is 5. The van der Waals surface area contributed by atoms with Gasteiger partial charge in [-0.3, -0.25) is 4.79 Å². The molecule has 5 heteroatoms. The van der Waals surface area contributed by atoms with E-state index >= 15 is 0 Å². The van der Waals surface area contributed by atoms with Crippen molar-refractivity contribution in [2.75, 3.05) is 21.3 Å². The molecule has 0 N–H and O–H groups in total. The van der Waals surface area contributed by atoms with Crippen LogP contribution in [-0.2, 0) is 0 Å². The van der Waals surface area contributed by atoms with E-state index in [0.29, 0.717) is 12.0 Å². The summed E-state index contributed by atoms with van der Waals surface area (Å²) in [6.45, 7) is 0. The lowest BCUT2D eigenvalue weighted by molar-refractivity contribution is 0.0982. The average molecular weight is 409 g/mol. The minimum Gasteiger partial charge on any atom is -0.497 e. The Morgan fingerprint density at radius 3 is 2.10 bits per heavy atom. The second kappa shape index (κ2) is 10.0. The fourth-order valence-electron chi connectivity index (χ4n) is 2.99. The number of ketones is 1. The zero-order valence-electron chi connectivity index (χ0n) is 16.8. The van der Waals surface area contributed by atoms with E-state index in [-0.39, 0.29) is 11.0 Å². The van der Waals surface area contributed by atoms with Gasteiger partial charge in [0.2, 0.25) is 0 Å². The van der Waals surface area contributed by atoms with Gasteiger partial charge in [0.1, 0.15) is 17.2 Å². The predicted molar refractivity (Wildman–Crippen MR) is 117 cm³/mol. The molecule has 150 valence electrons. The van der Waals surface area contributed by atoms with Gasteiger partial charge in [0.15, 0.2) is 5.78 Å². The van der Waals surface area contributed by atoms with Gasteiger partial charge in [0.05, 0.1) is 26.2 Å². The highest BCUT2D eigenvalue weighted by Gasteiger charge is 2.21. The highest BCUT2D eigenvalue weighted by Crippen LogP contribution is 2.43. The normalized spacial score (nSPS) is 11.6. The summed E-state index contributed by atoms with van der Waals surface area (Å²) in [6, 6.07) is 23.0. The molecule has 0 fully saturated rings. The predicted octanol–water partition coefficient (Wildman–Crippen LogP) is 5.82. The maximum atomic E-state index is 13.0. The molecule has 3 rings (SSSR count). The monoisotopic (exact) mass is 408 g/mol. The molecule has 3 aromatic carbocycles. The van der Waals surface area contributed by atoms with Gasteiger partial charge in [-0.2, -0.15) is 0 Å². The Morgan fingerprint density at radius 2 is 1.48 bits per heavy atom. The van der Waals surface area contributed by atoms with E-state index < -0.39 is 0 Å². The Labute approximate surface area is 175 Å². The maximum Gasteiger partial charge on any atom is 0.164 e. The molecular formula is C24H24O4S. The molecule has 0 aromatic heterocycles. The van der Waals surface area contributed by atoms with Crippen molar-refractivity contribution < 1.29 is 19.0 Å². The van der Waals surface area contributed by atoms with E-state index in [4.69, 9.17) is 14.2 Å². The van der Waals surface area contributed by atoms with Gasteiger partial charge in [-0.05, 0) is 48.0 Å². The lowest BCUT2D eigenvalue weighted by atomic mass is 10.0. The van der Waals surface area contributed by atoms with Crippen LogP contribution in [0.15, 0.2) is 77.7 Å². The van der Waals surface area contributed by atoms with Crippen LogP contribution in [0.25, 0.3) is 0 Å². The van der Waals surface area contributed by atoms with E-state index in [9.17, 15) is 4.79 Å². The van der Waals surface area contributed by atoms with E-state index in [2.05, 4.69) is 0 Å². The topological polar surface area (TPSA) is 44.8 Å². The van der Waals surface area contributed by atoms with Crippen LogP contribution < -0.4 is 14.2 Å². The largest absolute Gasteiger partial charge is 0.497 e. The molecule has 0 spiro atoms. The van der Waals surface area contributed by atoms with Crippen molar-refractivity contribution in [2.24, 2.45) is 0 Å². The SMILES string of the molecule is COc1ccc(C(=O)CC(Sc2cc(OC)ccc2OC)c2ccccc2)cc1. The zero-order valence-corrected chi connectivity index (χ0v) is 17.6. The molecule has 0 aliphatic carbocycles. The fraction of sp³-hybridized carbons (Fsp3) is 0.208. The minimum absolute atomic E-state index is 0.0631. The first kappa shape index (κ1) is 20.8. The number of ether oxygens (including phenoxy) is 3. The Morgan fingerprint density at radius 1 is 0.828 bits per heavy atom. The highest BCUT2D eigenvalue weighted by atomic mass is 32.2. The van der Waals surface area contributed by atoms with Crippen molar-refractivity contribution in [3.05, 3.63) is 83.9 Å². The summed E-state index contributed by atoms with van der Waals surface area (Å²) in [7, 11) is 4.89. The van der Waals surface area contributed by atoms with E-state index in [1.54, 1.807) is 45.2 Å². The summed E-state index contributed by atoms with van der Waals surface area (Å²) in [5.74, 6) is 2.32. The Hall–Kier alpha value is -2.92. The molecule has 1 atom stereocenters. The number of hydrogen-bond donors (Lipinski definition) is 0. The van der Waals surface area contributed by atoms with Crippen LogP contribution in [0.5, 0.6) is 17.2 Å². The standard InChI is InChI=1S/C24H24O4S/c1-26-19-11-9-17(10-12-19)21(25)16-23(18-7-5-4-6-8-18)29-24-15-20(27-2)13-14-22(24)28-3/h4-15,23H,16H2,1-3H3. The Kier molecular flexibility index (Phi) is 7.19. The van der Waals surface area contributed by atoms with Crippen LogP contribution in [0.1, 0.15) is 27.6 Å². The van der Waals surface area contributed by atoms with Gasteiger partial charge in [0.25, 0.3) is 0 Å². The summed E-state index contributed by atoms with van der Waals surface area (Å²) < 4.78 is 16.1. The molecule has 0 aliphatic heterocycles. The smallest absolute Gasteiger partial charge is 0.164 e. The molecular weight excluding hydrogens is 384 g/mol. The highest BCUT2D eigenvalue weighted by molar-refractivity contribution is 7.99. The molecule has 3 aromatic rings. The number of carbonyl (C=O) groups excluding carboxylic acids is 1. The van der Waals surface area contributed by atoms with Crippen LogP contribution in [0.4, 0.5) is 0 Å². The van der Waals surface area contributed by atoms with Crippen molar-refractivity contribution in [1.29, 1.82) is 0 Å². The number of Topliss-reactive ketones (excluding diaryl/α,β-unsaturated/α-hetero) is 1. The third kappa shape index (κ3) is 5.33. The second-order valence-corrected chi connectivity index (χ2v) is 7.63. The summed E-state index contributed by atoms with van der Waals surface area (Å²) in [4.78, 5) is 13.9. The molecule has 0 amide bonds. The summed E-state index contributed by atoms with van der Waals surface area (Å²) in [5.41, 5.74) is 1.76. The van der Waals surface area contributed by atoms with Gasteiger partial charge < -0.3 is 14.2 Å². The molecule has 4 nitrogen and oxygen atoms in total. The number of benzene rings is 3. The lowest BCUT2D eigenvalue weighted by Crippen LogP contribution is -2.06. The molecule has 1 unspecified atom stereocenters. The van der Waals surface area contributed by atoms with E-state index in [1.807, 2.05) is 60.7 Å². The summed E-state index contributed by atoms with van der Waals surface area (Å²) >= 11 is 1.60. The second-order valence-electron chi connectivity index (χ2n) is 6.39. The fourth-order valence-corrected chi connectivity index (χ4v) is 4.27. The van der Waals surface area contributed by atoms with Crippen LogP contribution >= 0.6 is 11.8 Å². The Bertz CT molecular complexity index is 939. The number of carbonyl (C=O) groups is 1. The van der Waals surface area contributed by atoms with Gasteiger partial charge >= 0.3 is 0 Å². The van der Waals surface area contributed by atoms with Crippen molar-refractivity contribution in [3.8, 4) is 17.2 Å². The number of rotatable bonds is 9. The lowest BCUT2D eigenvalue weighted by Gasteiger charge is -2.19.